The number of fused-ring (bicyclic) bond motifs is 1. The maximum absolute atomic E-state index is 12.5. The lowest BCUT2D eigenvalue weighted by Gasteiger charge is -2.26. The Hall–Kier alpha value is -2.70. The molecule has 0 aliphatic heterocycles. The average Bonchev–Trinajstić information content (AvgIpc) is 2.66. The molecule has 1 aromatic heterocycles. The lowest BCUT2D eigenvalue weighted by atomic mass is 10.1. The standard InChI is InChI=1S/C21H22ClN3O3/c1-13(2)25(11-14-5-4-6-16(22)9-14)12-19-23-18-10-15(21(27)28-3)7-8-17(18)20(26)24-19/h4-10,13H,11-12H2,1-3H3,(H,23,24,26). The van der Waals surface area contributed by atoms with E-state index in [-0.39, 0.29) is 11.6 Å². The Kier molecular flexibility index (Phi) is 6.11. The van der Waals surface area contributed by atoms with Crippen LogP contribution in [0.4, 0.5) is 0 Å². The Bertz CT molecular complexity index is 1060. The second-order valence-corrected chi connectivity index (χ2v) is 7.30. The molecule has 0 saturated heterocycles. The zero-order chi connectivity index (χ0) is 20.3. The van der Waals surface area contributed by atoms with Gasteiger partial charge in [0.2, 0.25) is 0 Å². The zero-order valence-corrected chi connectivity index (χ0v) is 16.8. The first-order valence-electron chi connectivity index (χ1n) is 8.97. The highest BCUT2D eigenvalue weighted by molar-refractivity contribution is 6.30. The lowest BCUT2D eigenvalue weighted by Crippen LogP contribution is -2.31. The number of carbonyl (C=O) groups is 1. The molecule has 1 heterocycles. The van der Waals surface area contributed by atoms with E-state index in [1.54, 1.807) is 18.2 Å². The number of H-pyrrole nitrogens is 1. The number of methoxy groups -OCH3 is 1. The van der Waals surface area contributed by atoms with E-state index >= 15 is 0 Å². The Morgan fingerprint density at radius 1 is 1.21 bits per heavy atom. The van der Waals surface area contributed by atoms with Gasteiger partial charge in [0.1, 0.15) is 5.82 Å². The summed E-state index contributed by atoms with van der Waals surface area (Å²) in [5.41, 5.74) is 1.67. The molecule has 0 radical (unpaired) electrons. The third-order valence-corrected chi connectivity index (χ3v) is 4.77. The van der Waals surface area contributed by atoms with E-state index in [2.05, 4.69) is 28.7 Å². The van der Waals surface area contributed by atoms with Crippen molar-refractivity contribution in [3.05, 3.63) is 74.8 Å². The summed E-state index contributed by atoms with van der Waals surface area (Å²) in [5.74, 6) is 0.0746. The molecule has 0 unspecified atom stereocenters. The van der Waals surface area contributed by atoms with Crippen LogP contribution in [-0.4, -0.2) is 34.0 Å². The van der Waals surface area contributed by atoms with Crippen molar-refractivity contribution in [3.8, 4) is 0 Å². The molecule has 0 bridgehead atoms. The number of nitrogens with zero attached hydrogens (tertiary/aromatic N) is 2. The van der Waals surface area contributed by atoms with Gasteiger partial charge in [-0.05, 0) is 49.7 Å². The van der Waals surface area contributed by atoms with Gasteiger partial charge in [-0.25, -0.2) is 9.78 Å². The van der Waals surface area contributed by atoms with Crippen LogP contribution >= 0.6 is 11.6 Å². The van der Waals surface area contributed by atoms with E-state index in [1.807, 2.05) is 24.3 Å². The van der Waals surface area contributed by atoms with Gasteiger partial charge in [0.15, 0.2) is 0 Å². The number of hydrogen-bond donors (Lipinski definition) is 1. The Labute approximate surface area is 168 Å². The first kappa shape index (κ1) is 20.0. The molecule has 28 heavy (non-hydrogen) atoms. The summed E-state index contributed by atoms with van der Waals surface area (Å²) in [5, 5.41) is 1.12. The number of halogens is 1. The smallest absolute Gasteiger partial charge is 0.337 e. The van der Waals surface area contributed by atoms with E-state index in [0.717, 1.165) is 5.56 Å². The SMILES string of the molecule is COC(=O)c1ccc2c(=O)[nH]c(CN(Cc3cccc(Cl)c3)C(C)C)nc2c1. The molecule has 0 saturated carbocycles. The highest BCUT2D eigenvalue weighted by atomic mass is 35.5. The molecule has 146 valence electrons. The number of esters is 1. The number of hydrogen-bond acceptors (Lipinski definition) is 5. The molecule has 0 spiro atoms. The molecule has 7 heteroatoms. The minimum Gasteiger partial charge on any atom is -0.465 e. The predicted octanol–water partition coefficient (Wildman–Crippen LogP) is 3.77. The normalized spacial score (nSPS) is 11.4. The van der Waals surface area contributed by atoms with E-state index in [4.69, 9.17) is 16.3 Å². The highest BCUT2D eigenvalue weighted by Crippen LogP contribution is 2.17. The van der Waals surface area contributed by atoms with Crippen LogP contribution in [0.1, 0.15) is 35.6 Å². The molecule has 0 atom stereocenters. The minimum absolute atomic E-state index is 0.224. The molecule has 1 N–H and O–H groups in total. The van der Waals surface area contributed by atoms with Crippen molar-refractivity contribution >= 4 is 28.5 Å². The van der Waals surface area contributed by atoms with Gasteiger partial charge >= 0.3 is 5.97 Å². The van der Waals surface area contributed by atoms with Gasteiger partial charge in [0.25, 0.3) is 5.56 Å². The summed E-state index contributed by atoms with van der Waals surface area (Å²) in [6, 6.07) is 12.6. The number of rotatable bonds is 6. The van der Waals surface area contributed by atoms with Crippen LogP contribution in [0, 0.1) is 0 Å². The van der Waals surface area contributed by atoms with Crippen LogP contribution in [0.3, 0.4) is 0 Å². The first-order chi connectivity index (χ1) is 13.4. The Morgan fingerprint density at radius 3 is 2.68 bits per heavy atom. The number of aromatic nitrogens is 2. The van der Waals surface area contributed by atoms with Crippen molar-refractivity contribution < 1.29 is 9.53 Å². The fourth-order valence-corrected chi connectivity index (χ4v) is 3.20. The van der Waals surface area contributed by atoms with E-state index in [9.17, 15) is 9.59 Å². The highest BCUT2D eigenvalue weighted by Gasteiger charge is 2.15. The van der Waals surface area contributed by atoms with Crippen LogP contribution in [-0.2, 0) is 17.8 Å². The number of benzene rings is 2. The minimum atomic E-state index is -0.463. The molecular formula is C21H22ClN3O3. The maximum atomic E-state index is 12.5. The Morgan fingerprint density at radius 2 is 2.00 bits per heavy atom. The van der Waals surface area contributed by atoms with Crippen LogP contribution < -0.4 is 5.56 Å². The number of aromatic amines is 1. The summed E-state index contributed by atoms with van der Waals surface area (Å²) in [6.07, 6.45) is 0. The third-order valence-electron chi connectivity index (χ3n) is 4.53. The largest absolute Gasteiger partial charge is 0.465 e. The van der Waals surface area contributed by atoms with Crippen molar-refractivity contribution in [1.82, 2.24) is 14.9 Å². The fraction of sp³-hybridized carbons (Fsp3) is 0.286. The van der Waals surface area contributed by atoms with E-state index in [1.165, 1.54) is 7.11 Å². The molecule has 0 aliphatic carbocycles. The summed E-state index contributed by atoms with van der Waals surface area (Å²) in [4.78, 5) is 33.8. The lowest BCUT2D eigenvalue weighted by molar-refractivity contribution is 0.0601. The van der Waals surface area contributed by atoms with Gasteiger partial charge in [-0.3, -0.25) is 9.69 Å². The molecule has 0 aliphatic rings. The monoisotopic (exact) mass is 399 g/mol. The van der Waals surface area contributed by atoms with Crippen LogP contribution in [0.15, 0.2) is 47.3 Å². The van der Waals surface area contributed by atoms with Gasteiger partial charge in [-0.1, -0.05) is 23.7 Å². The van der Waals surface area contributed by atoms with E-state index in [0.29, 0.717) is 40.4 Å². The quantitative estimate of drug-likeness (QED) is 0.638. The second-order valence-electron chi connectivity index (χ2n) is 6.86. The molecule has 3 rings (SSSR count). The van der Waals surface area contributed by atoms with Crippen LogP contribution in [0.2, 0.25) is 5.02 Å². The molecule has 2 aromatic carbocycles. The van der Waals surface area contributed by atoms with Crippen LogP contribution in [0.5, 0.6) is 0 Å². The number of nitrogens with one attached hydrogen (secondary N) is 1. The third kappa shape index (κ3) is 4.58. The van der Waals surface area contributed by atoms with E-state index < -0.39 is 5.97 Å². The summed E-state index contributed by atoms with van der Waals surface area (Å²) in [6.45, 7) is 5.29. The molecule has 3 aromatic rings. The van der Waals surface area contributed by atoms with Crippen molar-refractivity contribution in [2.75, 3.05) is 7.11 Å². The predicted molar refractivity (Wildman–Crippen MR) is 110 cm³/mol. The average molecular weight is 400 g/mol. The summed E-state index contributed by atoms with van der Waals surface area (Å²) in [7, 11) is 1.32. The van der Waals surface area contributed by atoms with Gasteiger partial charge < -0.3 is 9.72 Å². The van der Waals surface area contributed by atoms with Gasteiger partial charge in [-0.2, -0.15) is 0 Å². The fourth-order valence-electron chi connectivity index (χ4n) is 2.99. The van der Waals surface area contributed by atoms with Crippen molar-refractivity contribution in [2.45, 2.75) is 33.0 Å². The van der Waals surface area contributed by atoms with Gasteiger partial charge in [0, 0.05) is 17.6 Å². The van der Waals surface area contributed by atoms with Crippen LogP contribution in [0.25, 0.3) is 10.9 Å². The molecular weight excluding hydrogens is 378 g/mol. The van der Waals surface area contributed by atoms with Crippen molar-refractivity contribution in [3.63, 3.8) is 0 Å². The van der Waals surface area contributed by atoms with Gasteiger partial charge in [-0.15, -0.1) is 0 Å². The number of carbonyl (C=O) groups excluding carboxylic acids is 1. The zero-order valence-electron chi connectivity index (χ0n) is 16.0. The van der Waals surface area contributed by atoms with Crippen molar-refractivity contribution in [1.29, 1.82) is 0 Å². The molecule has 6 nitrogen and oxygen atoms in total. The maximum Gasteiger partial charge on any atom is 0.337 e. The Balaban J connectivity index is 1.92. The molecule has 0 amide bonds. The second kappa shape index (κ2) is 8.54. The first-order valence-corrected chi connectivity index (χ1v) is 9.35. The number of ether oxygens (including phenoxy) is 1. The van der Waals surface area contributed by atoms with Crippen molar-refractivity contribution in [2.24, 2.45) is 0 Å². The summed E-state index contributed by atoms with van der Waals surface area (Å²) >= 11 is 6.09. The summed E-state index contributed by atoms with van der Waals surface area (Å²) < 4.78 is 4.75. The topological polar surface area (TPSA) is 75.3 Å². The van der Waals surface area contributed by atoms with Gasteiger partial charge in [0.05, 0.1) is 30.1 Å². The molecule has 0 fully saturated rings.